The number of thiol groups is 1. The van der Waals surface area contributed by atoms with E-state index in [9.17, 15) is 27.9 Å². The number of aromatic nitrogens is 3. The number of nitrogens with zero attached hydrogens (tertiary/aromatic N) is 3. The Balaban J connectivity index is 1.81. The van der Waals surface area contributed by atoms with Crippen LogP contribution in [0.3, 0.4) is 0 Å². The number of nitrogens with one attached hydrogen (secondary N) is 1. The molecule has 11 heteroatoms. The van der Waals surface area contributed by atoms with E-state index in [1.165, 1.54) is 36.1 Å². The van der Waals surface area contributed by atoms with E-state index in [4.69, 9.17) is 0 Å². The van der Waals surface area contributed by atoms with Crippen LogP contribution in [0, 0.1) is 11.7 Å². The van der Waals surface area contributed by atoms with Crippen LogP contribution in [0.1, 0.15) is 61.8 Å². The number of carbonyl (C=O) groups excluding carboxylic acids is 1. The molecule has 0 radical (unpaired) electrons. The first-order valence-corrected chi connectivity index (χ1v) is 12.1. The smallest absolute Gasteiger partial charge is 0.266 e. The maximum atomic E-state index is 14.7. The van der Waals surface area contributed by atoms with Crippen LogP contribution in [0.2, 0.25) is 0 Å². The molecule has 1 aliphatic rings. The monoisotopic (exact) mass is 520 g/mol. The van der Waals surface area contributed by atoms with E-state index >= 15 is 0 Å². The Labute approximate surface area is 211 Å². The van der Waals surface area contributed by atoms with Crippen molar-refractivity contribution in [3.8, 4) is 0 Å². The molecule has 1 saturated carbocycles. The van der Waals surface area contributed by atoms with Crippen LogP contribution in [-0.4, -0.2) is 31.2 Å². The van der Waals surface area contributed by atoms with E-state index in [0.717, 1.165) is 12.4 Å². The number of rotatable bonds is 6. The lowest BCUT2D eigenvalue weighted by molar-refractivity contribution is -0.113. The van der Waals surface area contributed by atoms with Crippen LogP contribution < -0.4 is 10.9 Å². The Morgan fingerprint density at radius 2 is 1.97 bits per heavy atom. The minimum Gasteiger partial charge on any atom is -0.385 e. The van der Waals surface area contributed by atoms with Gasteiger partial charge in [0.1, 0.15) is 29.9 Å². The van der Waals surface area contributed by atoms with Gasteiger partial charge >= 0.3 is 0 Å². The van der Waals surface area contributed by atoms with Crippen LogP contribution in [-0.2, 0) is 17.4 Å². The average Bonchev–Trinajstić information content (AvgIpc) is 2.99. The van der Waals surface area contributed by atoms with Gasteiger partial charge in [0.2, 0.25) is 0 Å². The summed E-state index contributed by atoms with van der Waals surface area (Å²) in [7, 11) is 1.51. The first-order valence-electron chi connectivity index (χ1n) is 11.6. The maximum absolute atomic E-state index is 14.7. The predicted octanol–water partition coefficient (Wildman–Crippen LogP) is 4.45. The molecule has 0 bridgehead atoms. The lowest BCUT2D eigenvalue weighted by Crippen LogP contribution is -2.38. The van der Waals surface area contributed by atoms with Crippen molar-refractivity contribution in [2.24, 2.45) is 13.0 Å². The molecule has 2 N–H and O–H groups in total. The normalized spacial score (nSPS) is 23.4. The van der Waals surface area contributed by atoms with Crippen LogP contribution in [0.5, 0.6) is 0 Å². The number of anilines is 1. The summed E-state index contributed by atoms with van der Waals surface area (Å²) in [4.78, 5) is 33.3. The number of fused-ring (bicyclic) bond motifs is 1. The third-order valence-corrected chi connectivity index (χ3v) is 7.30. The number of pyridine rings is 1. The molecule has 3 aromatic rings. The van der Waals surface area contributed by atoms with Gasteiger partial charge in [-0.05, 0) is 38.7 Å². The van der Waals surface area contributed by atoms with Crippen molar-refractivity contribution in [3.05, 3.63) is 63.5 Å². The van der Waals surface area contributed by atoms with Gasteiger partial charge in [-0.15, -0.1) is 0 Å². The van der Waals surface area contributed by atoms with Gasteiger partial charge in [0.25, 0.3) is 12.0 Å². The van der Waals surface area contributed by atoms with Crippen molar-refractivity contribution in [3.63, 3.8) is 0 Å². The summed E-state index contributed by atoms with van der Waals surface area (Å²) in [6.07, 6.45) is 0.508. The molecule has 0 amide bonds. The van der Waals surface area contributed by atoms with Crippen molar-refractivity contribution in [1.82, 2.24) is 14.5 Å². The zero-order valence-corrected chi connectivity index (χ0v) is 20.7. The number of hydrogen-bond donors (Lipinski definition) is 3. The molecule has 0 aliphatic heterocycles. The van der Waals surface area contributed by atoms with E-state index in [-0.39, 0.29) is 40.7 Å². The van der Waals surface area contributed by atoms with E-state index < -0.39 is 40.9 Å². The Bertz CT molecular complexity index is 1350. The predicted molar refractivity (Wildman–Crippen MR) is 133 cm³/mol. The second kappa shape index (κ2) is 10.2. The second-order valence-corrected chi connectivity index (χ2v) is 10.1. The number of hydrogen-bond acceptors (Lipinski definition) is 7. The highest BCUT2D eigenvalue weighted by Gasteiger charge is 2.39. The molecular formula is C25H27F3N4O3S. The van der Waals surface area contributed by atoms with Gasteiger partial charge < -0.3 is 15.2 Å². The number of aldehydes is 1. The van der Waals surface area contributed by atoms with Crippen LogP contribution >= 0.6 is 12.6 Å². The van der Waals surface area contributed by atoms with Gasteiger partial charge in [0.15, 0.2) is 0 Å². The van der Waals surface area contributed by atoms with E-state index in [1.54, 1.807) is 6.92 Å². The molecule has 1 aliphatic carbocycles. The van der Waals surface area contributed by atoms with Gasteiger partial charge in [0.05, 0.1) is 22.6 Å². The quantitative estimate of drug-likeness (QED) is 0.252. The molecule has 0 spiro atoms. The van der Waals surface area contributed by atoms with Crippen LogP contribution in [0.4, 0.5) is 19.0 Å². The molecule has 4 rings (SSSR count). The van der Waals surface area contributed by atoms with Gasteiger partial charge in [-0.2, -0.15) is 12.6 Å². The van der Waals surface area contributed by atoms with Gasteiger partial charge in [-0.1, -0.05) is 18.2 Å². The summed E-state index contributed by atoms with van der Waals surface area (Å²) in [6.45, 7) is 1.60. The number of carbonyl (C=O) groups is 1. The molecule has 2 aromatic heterocycles. The SMILES string of the molecule is C[C@@H](Nc1ncnc2c1cc(C1(O)CC(S)CCC(C=O)C1)c(=O)n2C)c1cccc(C(F)F)c1F. The number of aliphatic hydroxyl groups is 1. The summed E-state index contributed by atoms with van der Waals surface area (Å²) >= 11 is 4.53. The topological polar surface area (TPSA) is 97.1 Å². The molecule has 2 heterocycles. The minimum atomic E-state index is -2.96. The molecule has 1 aromatic carbocycles. The van der Waals surface area contributed by atoms with Gasteiger partial charge in [0, 0.05) is 29.3 Å². The average molecular weight is 521 g/mol. The number of halogens is 3. The fourth-order valence-corrected chi connectivity index (χ4v) is 5.38. The second-order valence-electron chi connectivity index (χ2n) is 9.37. The molecule has 0 saturated heterocycles. The number of alkyl halides is 2. The van der Waals surface area contributed by atoms with Crippen LogP contribution in [0.25, 0.3) is 11.0 Å². The van der Waals surface area contributed by atoms with Crippen LogP contribution in [0.15, 0.2) is 35.4 Å². The fraction of sp³-hybridized carbons (Fsp3) is 0.440. The fourth-order valence-electron chi connectivity index (χ4n) is 4.93. The third kappa shape index (κ3) is 4.86. The van der Waals surface area contributed by atoms with Crippen molar-refractivity contribution >= 4 is 35.8 Å². The molecule has 3 unspecified atom stereocenters. The van der Waals surface area contributed by atoms with Gasteiger partial charge in [-0.3, -0.25) is 9.36 Å². The molecule has 36 heavy (non-hydrogen) atoms. The first kappa shape index (κ1) is 26.2. The highest BCUT2D eigenvalue weighted by Crippen LogP contribution is 2.40. The standard InChI is InChI=1S/C25H27F3N4O3S/c1-13(16-4-3-5-17(20(16)26)21(27)28)31-22-18-8-19(24(34)32(2)23(18)30-12-29-22)25(35)9-14(11-33)6-7-15(36)10-25/h3-5,8,11-15,21,35-36H,6-7,9-10H2,1-2H3,(H,29,30,31)/t13-,14?,15?,25?/m1/s1. The van der Waals surface area contributed by atoms with Crippen molar-refractivity contribution in [2.45, 2.75) is 55.9 Å². The Hall–Kier alpha value is -2.92. The van der Waals surface area contributed by atoms with Crippen molar-refractivity contribution in [2.75, 3.05) is 5.32 Å². The lowest BCUT2D eigenvalue weighted by atomic mass is 9.83. The highest BCUT2D eigenvalue weighted by atomic mass is 32.1. The molecule has 7 nitrogen and oxygen atoms in total. The first-order chi connectivity index (χ1) is 17.1. The van der Waals surface area contributed by atoms with E-state index in [1.807, 2.05) is 0 Å². The third-order valence-electron chi connectivity index (χ3n) is 6.86. The van der Waals surface area contributed by atoms with Crippen molar-refractivity contribution < 1.29 is 23.1 Å². The molecular weight excluding hydrogens is 493 g/mol. The van der Waals surface area contributed by atoms with E-state index in [0.29, 0.717) is 18.2 Å². The summed E-state index contributed by atoms with van der Waals surface area (Å²) in [6, 6.07) is 4.53. The Morgan fingerprint density at radius 3 is 2.67 bits per heavy atom. The summed E-state index contributed by atoms with van der Waals surface area (Å²) in [5.41, 5.74) is -2.39. The zero-order chi connectivity index (χ0) is 26.2. The van der Waals surface area contributed by atoms with Crippen molar-refractivity contribution in [1.29, 1.82) is 0 Å². The molecule has 1 fully saturated rings. The summed E-state index contributed by atoms with van der Waals surface area (Å²) < 4.78 is 42.4. The zero-order valence-electron chi connectivity index (χ0n) is 19.8. The Morgan fingerprint density at radius 1 is 1.25 bits per heavy atom. The number of benzene rings is 1. The van der Waals surface area contributed by atoms with E-state index in [2.05, 4.69) is 27.9 Å². The highest BCUT2D eigenvalue weighted by molar-refractivity contribution is 7.80. The molecule has 192 valence electrons. The Kier molecular flexibility index (Phi) is 7.42. The lowest BCUT2D eigenvalue weighted by Gasteiger charge is -2.30. The minimum absolute atomic E-state index is 0.0266. The molecule has 4 atom stereocenters. The maximum Gasteiger partial charge on any atom is 0.266 e. The summed E-state index contributed by atoms with van der Waals surface area (Å²) in [5.74, 6) is -1.20. The number of aryl methyl sites for hydroxylation is 1. The summed E-state index contributed by atoms with van der Waals surface area (Å²) in [5, 5.41) is 14.8. The van der Waals surface area contributed by atoms with Gasteiger partial charge in [-0.25, -0.2) is 23.1 Å². The largest absolute Gasteiger partial charge is 0.385 e.